The maximum absolute atomic E-state index is 12.1. The normalized spacial score (nSPS) is 10.6. The molecule has 0 saturated heterocycles. The maximum atomic E-state index is 12.1. The van der Waals surface area contributed by atoms with Crippen LogP contribution in [0.3, 0.4) is 0 Å². The highest BCUT2D eigenvalue weighted by Gasteiger charge is 2.20. The van der Waals surface area contributed by atoms with Gasteiger partial charge in [-0.3, -0.25) is 0 Å². The summed E-state index contributed by atoms with van der Waals surface area (Å²) in [6.45, 7) is 0.730. The van der Waals surface area contributed by atoms with Gasteiger partial charge in [-0.05, 0) is 89.0 Å². The van der Waals surface area contributed by atoms with Gasteiger partial charge in [-0.2, -0.15) is 0 Å². The third-order valence-corrected chi connectivity index (χ3v) is 11.7. The molecular weight excluding hydrogens is 989 g/mol. The van der Waals surface area contributed by atoms with Crippen molar-refractivity contribution in [1.29, 1.82) is 0 Å². The van der Waals surface area contributed by atoms with Gasteiger partial charge in [0.1, 0.15) is 39.6 Å². The lowest BCUT2D eigenvalue weighted by atomic mass is 10.1. The van der Waals surface area contributed by atoms with E-state index >= 15 is 0 Å². The minimum Gasteiger partial charge on any atom is -0.485 e. The van der Waals surface area contributed by atoms with E-state index < -0.39 is 23.9 Å². The number of halogens is 1. The van der Waals surface area contributed by atoms with E-state index in [-0.39, 0.29) is 39.6 Å². The number of hydrogen-bond acceptors (Lipinski definition) is 14. The Morgan fingerprint density at radius 2 is 0.569 bits per heavy atom. The molecule has 0 amide bonds. The summed E-state index contributed by atoms with van der Waals surface area (Å²) < 4.78 is 58.3. The summed E-state index contributed by atoms with van der Waals surface area (Å²) in [5, 5.41) is 0.454. The third-order valence-electron chi connectivity index (χ3n) is 11.1. The van der Waals surface area contributed by atoms with Gasteiger partial charge in [0.05, 0.1) is 50.7 Å². The molecule has 0 atom stereocenters. The Bertz CT molecular complexity index is 2950. The van der Waals surface area contributed by atoms with E-state index in [0.717, 1.165) is 27.8 Å². The third kappa shape index (κ3) is 13.5. The van der Waals surface area contributed by atoms with Crippen molar-refractivity contribution >= 4 is 39.8 Å². The highest BCUT2D eigenvalue weighted by Crippen LogP contribution is 2.39. The molecule has 15 heteroatoms. The molecule has 72 heavy (non-hydrogen) atoms. The number of methoxy groups -OCH3 is 4. The van der Waals surface area contributed by atoms with Gasteiger partial charge in [-0.15, -0.1) is 0 Å². The predicted octanol–water partition coefficient (Wildman–Crippen LogP) is 11.2. The van der Waals surface area contributed by atoms with Gasteiger partial charge in [0.2, 0.25) is 0 Å². The highest BCUT2D eigenvalue weighted by atomic mass is 79.9. The summed E-state index contributed by atoms with van der Waals surface area (Å²) in [4.78, 5) is 48.3. The van der Waals surface area contributed by atoms with E-state index in [2.05, 4.69) is 15.9 Å². The Kier molecular flexibility index (Phi) is 18.3. The van der Waals surface area contributed by atoms with Gasteiger partial charge >= 0.3 is 23.9 Å². The van der Waals surface area contributed by atoms with Gasteiger partial charge in [0.25, 0.3) is 0 Å². The van der Waals surface area contributed by atoms with Crippen LogP contribution < -0.4 is 28.4 Å². The second kappa shape index (κ2) is 25.5. The number of carbonyl (C=O) groups excluding carboxylic acids is 4. The fraction of sp³-hybridized carbons (Fsp3) is 0.193. The van der Waals surface area contributed by atoms with Crippen LogP contribution in [0.5, 0.6) is 34.5 Å². The largest absolute Gasteiger partial charge is 0.485 e. The number of esters is 4. The fourth-order valence-electron chi connectivity index (χ4n) is 7.21. The summed E-state index contributed by atoms with van der Waals surface area (Å²) in [6, 6.07) is 44.4. The van der Waals surface area contributed by atoms with Crippen molar-refractivity contribution in [2.24, 2.45) is 0 Å². The van der Waals surface area contributed by atoms with Crippen LogP contribution in [0.15, 0.2) is 152 Å². The van der Waals surface area contributed by atoms with E-state index in [1.54, 1.807) is 109 Å². The number of rotatable bonds is 23. The lowest BCUT2D eigenvalue weighted by Crippen LogP contribution is -2.08. The summed E-state index contributed by atoms with van der Waals surface area (Å²) in [5.74, 6) is 0.994. The van der Waals surface area contributed by atoms with Crippen LogP contribution in [0.4, 0.5) is 0 Å². The minimum atomic E-state index is -0.443. The standard InChI is InChI=1S/C57H51BrO14/c1-63-54(59)41-22-14-37(15-23-41)31-67-49-12-6-9-46(52(49)70-33-39-18-26-43(27-19-39)56(61)65-3)35-69-48-11-5-8-45(30-58)51(48)72-36-47-10-7-13-50(68-32-38-16-24-42(25-17-38)55(60)64-2)53(47)71-34-40-20-28-44(29-21-40)57(62)66-4/h5-29H,30-36H2,1-4H3. The molecule has 0 spiro atoms. The van der Waals surface area contributed by atoms with Crippen LogP contribution in [0.1, 0.15) is 80.4 Å². The first-order valence-electron chi connectivity index (χ1n) is 22.5. The lowest BCUT2D eigenvalue weighted by molar-refractivity contribution is 0.0592. The molecule has 0 bridgehead atoms. The topological polar surface area (TPSA) is 161 Å². The van der Waals surface area contributed by atoms with E-state index in [4.69, 9.17) is 47.4 Å². The van der Waals surface area contributed by atoms with Crippen LogP contribution in [0.25, 0.3) is 0 Å². The SMILES string of the molecule is COC(=O)c1ccc(COc2cccc(COc3cccc(CBr)c3OCc3cccc(OCc4ccc(C(=O)OC)cc4)c3OCc3ccc(C(=O)OC)cc3)c2OCc2ccc(C(=O)OC)cc2)cc1. The Morgan fingerprint density at radius 1 is 0.319 bits per heavy atom. The summed E-state index contributed by atoms with van der Waals surface area (Å²) in [5.41, 5.74) is 7.07. The number of alkyl halides is 1. The first kappa shape index (κ1) is 51.5. The van der Waals surface area contributed by atoms with Crippen molar-refractivity contribution in [3.63, 3.8) is 0 Å². The van der Waals surface area contributed by atoms with Gasteiger partial charge in [-0.25, -0.2) is 19.2 Å². The van der Waals surface area contributed by atoms with Crippen molar-refractivity contribution in [3.8, 4) is 34.5 Å². The van der Waals surface area contributed by atoms with E-state index in [1.165, 1.54) is 28.4 Å². The molecule has 0 unspecified atom stereocenters. The van der Waals surface area contributed by atoms with Gasteiger partial charge in [0.15, 0.2) is 34.5 Å². The van der Waals surface area contributed by atoms with Gasteiger partial charge < -0.3 is 47.4 Å². The molecule has 0 heterocycles. The molecule has 0 saturated carbocycles. The number of hydrogen-bond donors (Lipinski definition) is 0. The average molecular weight is 1040 g/mol. The predicted molar refractivity (Wildman–Crippen MR) is 269 cm³/mol. The summed E-state index contributed by atoms with van der Waals surface area (Å²) >= 11 is 3.63. The van der Waals surface area contributed by atoms with Crippen LogP contribution >= 0.6 is 15.9 Å². The number of ether oxygens (including phenoxy) is 10. The smallest absolute Gasteiger partial charge is 0.337 e. The molecule has 0 aromatic heterocycles. The van der Waals surface area contributed by atoms with E-state index in [0.29, 0.717) is 73.2 Å². The molecular formula is C57H51BrO14. The second-order valence-corrected chi connectivity index (χ2v) is 16.4. The van der Waals surface area contributed by atoms with Crippen molar-refractivity contribution in [2.75, 3.05) is 28.4 Å². The van der Waals surface area contributed by atoms with Crippen LogP contribution in [-0.4, -0.2) is 52.3 Å². The van der Waals surface area contributed by atoms with E-state index in [9.17, 15) is 19.2 Å². The van der Waals surface area contributed by atoms with Crippen LogP contribution in [0.2, 0.25) is 0 Å². The van der Waals surface area contributed by atoms with Crippen molar-refractivity contribution in [3.05, 3.63) is 213 Å². The number of benzene rings is 7. The Labute approximate surface area is 425 Å². The first-order chi connectivity index (χ1) is 35.1. The zero-order valence-corrected chi connectivity index (χ0v) is 41.6. The quantitative estimate of drug-likeness (QED) is 0.0338. The van der Waals surface area contributed by atoms with Crippen molar-refractivity contribution < 1.29 is 66.5 Å². The van der Waals surface area contributed by atoms with Gasteiger partial charge in [0, 0.05) is 22.0 Å². The monoisotopic (exact) mass is 1040 g/mol. The Balaban J connectivity index is 1.13. The number of carbonyl (C=O) groups is 4. The molecule has 7 aromatic carbocycles. The molecule has 0 aliphatic carbocycles. The molecule has 7 rings (SSSR count). The summed E-state index contributed by atoms with van der Waals surface area (Å²) in [7, 11) is 5.33. The Hall–Kier alpha value is -8.30. The van der Waals surface area contributed by atoms with Crippen LogP contribution in [-0.2, 0) is 63.9 Å². The molecule has 0 radical (unpaired) electrons. The highest BCUT2D eigenvalue weighted by molar-refractivity contribution is 9.08. The lowest BCUT2D eigenvalue weighted by Gasteiger charge is -2.20. The van der Waals surface area contributed by atoms with Crippen LogP contribution in [0, 0.1) is 0 Å². The first-order valence-corrected chi connectivity index (χ1v) is 23.6. The Morgan fingerprint density at radius 3 is 0.875 bits per heavy atom. The summed E-state index contributed by atoms with van der Waals surface area (Å²) in [6.07, 6.45) is 0. The van der Waals surface area contributed by atoms with Gasteiger partial charge in [-0.1, -0.05) is 101 Å². The molecule has 0 aliphatic rings. The molecule has 14 nitrogen and oxygen atoms in total. The minimum absolute atomic E-state index is 0.0507. The molecule has 0 N–H and O–H groups in total. The molecule has 0 aliphatic heterocycles. The molecule has 7 aromatic rings. The number of para-hydroxylation sites is 3. The fourth-order valence-corrected chi connectivity index (χ4v) is 7.65. The van der Waals surface area contributed by atoms with Crippen molar-refractivity contribution in [1.82, 2.24) is 0 Å². The zero-order valence-electron chi connectivity index (χ0n) is 40.0. The molecule has 0 fully saturated rings. The molecule has 370 valence electrons. The van der Waals surface area contributed by atoms with Crippen molar-refractivity contribution in [2.45, 2.75) is 45.0 Å². The maximum Gasteiger partial charge on any atom is 0.337 e. The average Bonchev–Trinajstić information content (AvgIpc) is 3.43. The second-order valence-electron chi connectivity index (χ2n) is 15.9. The zero-order chi connectivity index (χ0) is 50.8. The van der Waals surface area contributed by atoms with E-state index in [1.807, 2.05) is 42.5 Å².